The van der Waals surface area contributed by atoms with Gasteiger partial charge in [0.2, 0.25) is 11.8 Å². The molecule has 1 aliphatic rings. The third-order valence-electron chi connectivity index (χ3n) is 8.42. The van der Waals surface area contributed by atoms with Gasteiger partial charge in [-0.05, 0) is 70.6 Å². The lowest BCUT2D eigenvalue weighted by Gasteiger charge is -2.41. The van der Waals surface area contributed by atoms with Gasteiger partial charge in [-0.15, -0.1) is 11.8 Å². The Kier molecular flexibility index (Phi) is 12.6. The Balaban J connectivity index is 1.32. The number of carboxylic acid groups (broad SMARTS) is 1. The van der Waals surface area contributed by atoms with Crippen molar-refractivity contribution in [1.29, 1.82) is 0 Å². The number of rotatable bonds is 14. The van der Waals surface area contributed by atoms with Crippen molar-refractivity contribution in [2.45, 2.75) is 69.7 Å². The number of ether oxygens (including phenoxy) is 2. The number of aliphatic hydroxyl groups excluding tert-OH is 1. The highest BCUT2D eigenvalue weighted by Gasteiger charge is 2.38. The van der Waals surface area contributed by atoms with Crippen LogP contribution in [0.5, 0.6) is 0 Å². The highest BCUT2D eigenvalue weighted by atomic mass is 32.2. The lowest BCUT2D eigenvalue weighted by Crippen LogP contribution is -2.38. The van der Waals surface area contributed by atoms with Crippen molar-refractivity contribution >= 4 is 35.2 Å². The number of aliphatic hydroxyl groups is 1. The second kappa shape index (κ2) is 17.3. The SMILES string of the molecule is CC(=O)Nc1ccc(SCC2OC(c3cccc(-c4cccc(CNC(=O)CCCC(=O)O)c4)c3)OC(c3ccc(CO)cc3)C2C)cc1. The second-order valence-corrected chi connectivity index (χ2v) is 13.3. The first-order chi connectivity index (χ1) is 23.7. The van der Waals surface area contributed by atoms with Crippen LogP contribution in [0.15, 0.2) is 102 Å². The molecule has 0 aliphatic carbocycles. The molecule has 1 aliphatic heterocycles. The molecule has 4 aromatic rings. The van der Waals surface area contributed by atoms with Crippen LogP contribution in [0.2, 0.25) is 0 Å². The number of carboxylic acids is 1. The van der Waals surface area contributed by atoms with E-state index >= 15 is 0 Å². The predicted molar refractivity (Wildman–Crippen MR) is 190 cm³/mol. The Hall–Kier alpha value is -4.48. The standard InChI is InChI=1S/C39H42N2O7S/c1-25-35(24-49-34-18-16-33(17-19-34)41-26(2)43)47-39(48-38(25)29-14-12-27(23-42)13-15-29)32-9-4-8-31(21-32)30-7-3-6-28(20-30)22-40-36(44)10-5-11-37(45)46/h3-4,6-9,12-21,25,35,38-39,42H,5,10-11,22-24H2,1-2H3,(H,40,44)(H,41,43)(H,45,46). The van der Waals surface area contributed by atoms with Gasteiger partial charge in [-0.2, -0.15) is 0 Å². The van der Waals surface area contributed by atoms with Gasteiger partial charge in [0.1, 0.15) is 0 Å². The molecule has 2 amide bonds. The van der Waals surface area contributed by atoms with Gasteiger partial charge in [-0.3, -0.25) is 14.4 Å². The van der Waals surface area contributed by atoms with Gasteiger partial charge in [-0.25, -0.2) is 0 Å². The largest absolute Gasteiger partial charge is 0.481 e. The molecular weight excluding hydrogens is 641 g/mol. The molecule has 0 bridgehead atoms. The van der Waals surface area contributed by atoms with Crippen molar-refractivity contribution in [3.8, 4) is 11.1 Å². The Morgan fingerprint density at radius 3 is 2.22 bits per heavy atom. The molecule has 5 rings (SSSR count). The predicted octanol–water partition coefficient (Wildman–Crippen LogP) is 7.26. The molecule has 1 fully saturated rings. The minimum absolute atomic E-state index is 0.0275. The first-order valence-electron chi connectivity index (χ1n) is 16.4. The number of hydrogen-bond acceptors (Lipinski definition) is 7. The van der Waals surface area contributed by atoms with E-state index in [0.717, 1.165) is 44.0 Å². The van der Waals surface area contributed by atoms with E-state index in [2.05, 4.69) is 23.6 Å². The number of amides is 2. The zero-order chi connectivity index (χ0) is 34.8. The summed E-state index contributed by atoms with van der Waals surface area (Å²) in [5, 5.41) is 24.1. The van der Waals surface area contributed by atoms with Crippen LogP contribution in [-0.4, -0.2) is 39.9 Å². The number of carbonyl (C=O) groups is 3. The van der Waals surface area contributed by atoms with Crippen LogP contribution in [-0.2, 0) is 37.0 Å². The molecule has 0 spiro atoms. The number of anilines is 1. The molecule has 9 nitrogen and oxygen atoms in total. The van der Waals surface area contributed by atoms with E-state index in [-0.39, 0.29) is 49.4 Å². The molecule has 0 saturated carbocycles. The maximum Gasteiger partial charge on any atom is 0.303 e. The minimum Gasteiger partial charge on any atom is -0.481 e. The number of hydrogen-bond donors (Lipinski definition) is 4. The van der Waals surface area contributed by atoms with Crippen molar-refractivity contribution in [3.63, 3.8) is 0 Å². The highest BCUT2D eigenvalue weighted by Crippen LogP contribution is 2.43. The molecule has 0 aromatic heterocycles. The van der Waals surface area contributed by atoms with Crippen LogP contribution in [0, 0.1) is 5.92 Å². The number of aliphatic carboxylic acids is 1. The molecule has 4 N–H and O–H groups in total. The van der Waals surface area contributed by atoms with Gasteiger partial charge in [-0.1, -0.05) is 67.6 Å². The molecule has 10 heteroatoms. The molecule has 1 saturated heterocycles. The van der Waals surface area contributed by atoms with E-state index in [0.29, 0.717) is 18.7 Å². The summed E-state index contributed by atoms with van der Waals surface area (Å²) < 4.78 is 13.4. The van der Waals surface area contributed by atoms with Gasteiger partial charge in [0.15, 0.2) is 6.29 Å². The maximum atomic E-state index is 12.2. The smallest absolute Gasteiger partial charge is 0.303 e. The van der Waals surface area contributed by atoms with Crippen molar-refractivity contribution < 1.29 is 34.1 Å². The fraction of sp³-hybridized carbons (Fsp3) is 0.308. The number of carbonyl (C=O) groups excluding carboxylic acids is 2. The van der Waals surface area contributed by atoms with E-state index in [4.69, 9.17) is 14.6 Å². The van der Waals surface area contributed by atoms with Crippen LogP contribution in [0.3, 0.4) is 0 Å². The van der Waals surface area contributed by atoms with Gasteiger partial charge >= 0.3 is 5.97 Å². The third kappa shape index (κ3) is 10.3. The normalized spacial score (nSPS) is 18.8. The molecule has 0 radical (unpaired) electrons. The fourth-order valence-electron chi connectivity index (χ4n) is 5.74. The number of benzene rings is 4. The zero-order valence-electron chi connectivity index (χ0n) is 27.6. The van der Waals surface area contributed by atoms with E-state index in [1.165, 1.54) is 6.92 Å². The lowest BCUT2D eigenvalue weighted by atomic mass is 9.91. The first kappa shape index (κ1) is 35.8. The minimum atomic E-state index is -0.908. The van der Waals surface area contributed by atoms with E-state index in [9.17, 15) is 19.5 Å². The van der Waals surface area contributed by atoms with E-state index < -0.39 is 12.3 Å². The number of thioether (sulfide) groups is 1. The van der Waals surface area contributed by atoms with Crippen LogP contribution in [0.4, 0.5) is 5.69 Å². The summed E-state index contributed by atoms with van der Waals surface area (Å²) >= 11 is 1.69. The van der Waals surface area contributed by atoms with Crippen molar-refractivity contribution in [2.75, 3.05) is 11.1 Å². The molecule has 256 valence electrons. The van der Waals surface area contributed by atoms with E-state index in [1.54, 1.807) is 11.8 Å². The van der Waals surface area contributed by atoms with Crippen molar-refractivity contribution in [3.05, 3.63) is 119 Å². The summed E-state index contributed by atoms with van der Waals surface area (Å²) in [5.41, 5.74) is 6.38. The average Bonchev–Trinajstić information content (AvgIpc) is 3.11. The van der Waals surface area contributed by atoms with Crippen molar-refractivity contribution in [2.24, 2.45) is 5.92 Å². The quantitative estimate of drug-likeness (QED) is 0.102. The van der Waals surface area contributed by atoms with Gasteiger partial charge in [0.05, 0.1) is 18.8 Å². The Labute approximate surface area is 291 Å². The second-order valence-electron chi connectivity index (χ2n) is 12.2. The topological polar surface area (TPSA) is 134 Å². The van der Waals surface area contributed by atoms with Crippen LogP contribution in [0.1, 0.15) is 67.8 Å². The Bertz CT molecular complexity index is 1730. The van der Waals surface area contributed by atoms with Crippen LogP contribution < -0.4 is 10.6 Å². The summed E-state index contributed by atoms with van der Waals surface area (Å²) in [6.45, 7) is 3.94. The highest BCUT2D eigenvalue weighted by molar-refractivity contribution is 7.99. The van der Waals surface area contributed by atoms with Crippen molar-refractivity contribution in [1.82, 2.24) is 5.32 Å². The molecule has 4 aromatic carbocycles. The maximum absolute atomic E-state index is 12.2. The summed E-state index contributed by atoms with van der Waals surface area (Å²) in [4.78, 5) is 35.4. The Morgan fingerprint density at radius 2 is 1.53 bits per heavy atom. The monoisotopic (exact) mass is 682 g/mol. The molecule has 1 heterocycles. The molecule has 4 atom stereocenters. The molecule has 4 unspecified atom stereocenters. The first-order valence-corrected chi connectivity index (χ1v) is 17.4. The lowest BCUT2D eigenvalue weighted by molar-refractivity contribution is -0.268. The Morgan fingerprint density at radius 1 is 0.816 bits per heavy atom. The summed E-state index contributed by atoms with van der Waals surface area (Å²) in [6.07, 6.45) is -0.570. The van der Waals surface area contributed by atoms with E-state index in [1.807, 2.05) is 91.0 Å². The zero-order valence-corrected chi connectivity index (χ0v) is 28.5. The van der Waals surface area contributed by atoms with Gasteiger partial charge in [0, 0.05) is 54.1 Å². The molecular formula is C39H42N2O7S. The van der Waals surface area contributed by atoms with Crippen LogP contribution in [0.25, 0.3) is 11.1 Å². The van der Waals surface area contributed by atoms with Gasteiger partial charge < -0.3 is 30.3 Å². The summed E-state index contributed by atoms with van der Waals surface area (Å²) in [7, 11) is 0. The fourth-order valence-corrected chi connectivity index (χ4v) is 6.81. The average molecular weight is 683 g/mol. The van der Waals surface area contributed by atoms with Crippen LogP contribution >= 0.6 is 11.8 Å². The number of nitrogens with one attached hydrogen (secondary N) is 2. The summed E-state index contributed by atoms with van der Waals surface area (Å²) in [5.74, 6) is -0.475. The third-order valence-corrected chi connectivity index (χ3v) is 9.52. The molecule has 49 heavy (non-hydrogen) atoms. The summed E-state index contributed by atoms with van der Waals surface area (Å²) in [6, 6.07) is 31.6. The van der Waals surface area contributed by atoms with Gasteiger partial charge in [0.25, 0.3) is 0 Å².